The lowest BCUT2D eigenvalue weighted by molar-refractivity contribution is 0.0696. The second kappa shape index (κ2) is 21.1. The largest absolute Gasteiger partial charge is 0.508 e. The van der Waals surface area contributed by atoms with E-state index in [0.29, 0.717) is 33.8 Å². The van der Waals surface area contributed by atoms with Crippen LogP contribution in [0.25, 0.3) is 50.0 Å². The van der Waals surface area contributed by atoms with Gasteiger partial charge < -0.3 is 39.4 Å². The molecular formula is C55H41ClN12O4S. The van der Waals surface area contributed by atoms with Crippen molar-refractivity contribution in [1.29, 1.82) is 0 Å². The van der Waals surface area contributed by atoms with Crippen molar-refractivity contribution in [1.82, 2.24) is 43.1 Å². The van der Waals surface area contributed by atoms with Crippen LogP contribution < -0.4 is 16.0 Å². The van der Waals surface area contributed by atoms with Gasteiger partial charge in [-0.05, 0) is 104 Å². The number of carbonyl (C=O) groups is 2. The highest BCUT2D eigenvalue weighted by atomic mass is 35.5. The Kier molecular flexibility index (Phi) is 13.6. The Morgan fingerprint density at radius 3 is 1.38 bits per heavy atom. The van der Waals surface area contributed by atoms with Crippen LogP contribution in [0.3, 0.4) is 0 Å². The zero-order chi connectivity index (χ0) is 50.3. The number of imidazole rings is 3. The van der Waals surface area contributed by atoms with Gasteiger partial charge in [0, 0.05) is 89.0 Å². The Morgan fingerprint density at radius 1 is 0.521 bits per heavy atom. The number of fused-ring (bicyclic) bond motifs is 3. The number of carboxylic acid groups (broad SMARTS) is 1. The zero-order valence-corrected chi connectivity index (χ0v) is 40.1. The third kappa shape index (κ3) is 11.0. The molecule has 5 aromatic carbocycles. The van der Waals surface area contributed by atoms with Crippen molar-refractivity contribution >= 4 is 86.1 Å². The fraction of sp³-hybridized carbons (Fsp3) is 0.0182. The lowest BCUT2D eigenvalue weighted by Crippen LogP contribution is -2.01. The van der Waals surface area contributed by atoms with Crippen LogP contribution in [-0.2, 0) is 0 Å². The number of nitrogens with one attached hydrogen (secondary N) is 3. The Balaban J connectivity index is 0.000000126. The van der Waals surface area contributed by atoms with E-state index >= 15 is 0 Å². The predicted molar refractivity (Wildman–Crippen MR) is 286 cm³/mol. The van der Waals surface area contributed by atoms with Gasteiger partial charge in [-0.1, -0.05) is 60.1 Å². The average Bonchev–Trinajstić information content (AvgIpc) is 4.27. The van der Waals surface area contributed by atoms with Crippen LogP contribution in [0.2, 0.25) is 5.02 Å². The maximum Gasteiger partial charge on any atom is 0.335 e. The van der Waals surface area contributed by atoms with Crippen LogP contribution >= 0.6 is 22.9 Å². The summed E-state index contributed by atoms with van der Waals surface area (Å²) in [5, 5.41) is 29.0. The molecule has 0 atom stereocenters. The number of hydrogen-bond acceptors (Lipinski definition) is 13. The third-order valence-electron chi connectivity index (χ3n) is 11.1. The quantitative estimate of drug-likeness (QED) is 0.0767. The molecule has 0 fully saturated rings. The maximum absolute atomic E-state index is 11.5. The number of hydrogen-bond donors (Lipinski definition) is 5. The summed E-state index contributed by atoms with van der Waals surface area (Å²) < 4.78 is 5.73. The van der Waals surface area contributed by atoms with E-state index in [9.17, 15) is 14.7 Å². The molecule has 0 aliphatic rings. The summed E-state index contributed by atoms with van der Waals surface area (Å²) in [7, 11) is 0. The second-order valence-electron chi connectivity index (χ2n) is 16.2. The molecule has 12 rings (SSSR count). The SMILES string of the molecule is CC(=O)c1ccc(-c2cn3ccnc3c(Nc3ccccc3)n2)s1.O=C(O)c1ccc(-c2cn3ccnc3c(Nc3ccc(Cl)cc3)n2)cc1.Oc1ccc(-c2cn3ccnc3c(Nc3ccccc3)n2)cc1. The Bertz CT molecular complexity index is 3860. The smallest absolute Gasteiger partial charge is 0.335 e. The van der Waals surface area contributed by atoms with Crippen LogP contribution in [0.5, 0.6) is 5.75 Å². The van der Waals surface area contributed by atoms with Gasteiger partial charge in [-0.15, -0.1) is 11.3 Å². The van der Waals surface area contributed by atoms with E-state index in [2.05, 4.69) is 35.9 Å². The number of benzene rings is 5. The molecular weight excluding hydrogens is 960 g/mol. The molecule has 0 bridgehead atoms. The van der Waals surface area contributed by atoms with Crippen LogP contribution in [0.4, 0.5) is 34.5 Å². The van der Waals surface area contributed by atoms with Crippen molar-refractivity contribution in [2.24, 2.45) is 0 Å². The standard InChI is InChI=1S/C19H13ClN4O2.C18H14N4OS.C18H14N4O/c20-14-5-7-15(8-6-14)22-17-18-21-9-10-24(18)11-16(23-17)12-1-3-13(4-2-12)19(25)26;1-12(23)15-7-8-16(24-15)14-11-22-10-9-19-18(22)17(21-14)20-13-5-3-2-4-6-13;23-15-8-6-13(7-9-15)16-12-22-11-10-19-18(22)17(21-16)20-14-4-2-1-3-5-14/h1-11H,(H,22,23)(H,25,26);2-11H,1H3,(H,20,21);1-12,23H,(H,20,21). The molecule has 12 aromatic rings. The summed E-state index contributed by atoms with van der Waals surface area (Å²) in [6.45, 7) is 1.57. The van der Waals surface area contributed by atoms with Crippen molar-refractivity contribution in [2.45, 2.75) is 6.92 Å². The number of carboxylic acids is 1. The minimum Gasteiger partial charge on any atom is -0.508 e. The topological polar surface area (TPSA) is 201 Å². The molecule has 0 radical (unpaired) electrons. The summed E-state index contributed by atoms with van der Waals surface area (Å²) in [6.07, 6.45) is 16.5. The number of aromatic nitrogens is 9. The summed E-state index contributed by atoms with van der Waals surface area (Å²) in [5.74, 6) is 1.31. The Labute approximate surface area is 425 Å². The number of phenols is 1. The van der Waals surface area contributed by atoms with Gasteiger partial charge in [0.25, 0.3) is 0 Å². The molecule has 0 aliphatic carbocycles. The molecule has 0 aliphatic heterocycles. The number of Topliss-reactive ketones (excluding diaryl/α,β-unsaturated/α-hetero) is 1. The first kappa shape index (κ1) is 47.0. The first-order valence-electron chi connectivity index (χ1n) is 22.5. The fourth-order valence-electron chi connectivity index (χ4n) is 7.51. The van der Waals surface area contributed by atoms with Crippen LogP contribution in [0, 0.1) is 0 Å². The van der Waals surface area contributed by atoms with Crippen LogP contribution in [0.15, 0.2) is 201 Å². The number of carbonyl (C=O) groups excluding carboxylic acids is 1. The lowest BCUT2D eigenvalue weighted by atomic mass is 10.1. The highest BCUT2D eigenvalue weighted by molar-refractivity contribution is 7.17. The maximum atomic E-state index is 11.5. The number of aromatic carboxylic acids is 1. The van der Waals surface area contributed by atoms with E-state index in [0.717, 1.165) is 60.6 Å². The molecule has 7 aromatic heterocycles. The third-order valence-corrected chi connectivity index (χ3v) is 12.6. The van der Waals surface area contributed by atoms with E-state index in [1.54, 1.807) is 74.0 Å². The van der Waals surface area contributed by atoms with E-state index in [4.69, 9.17) is 26.7 Å². The number of rotatable bonds is 11. The van der Waals surface area contributed by atoms with Crippen molar-refractivity contribution in [3.05, 3.63) is 217 Å². The van der Waals surface area contributed by atoms with E-state index in [1.165, 1.54) is 11.3 Å². The normalized spacial score (nSPS) is 10.8. The van der Waals surface area contributed by atoms with Crippen molar-refractivity contribution in [3.8, 4) is 38.8 Å². The van der Waals surface area contributed by atoms with Gasteiger partial charge in [0.15, 0.2) is 40.2 Å². The van der Waals surface area contributed by atoms with Gasteiger partial charge in [-0.2, -0.15) is 0 Å². The fourth-order valence-corrected chi connectivity index (χ4v) is 8.49. The number of aromatic hydroxyl groups is 1. The molecule has 0 saturated heterocycles. The minimum absolute atomic E-state index is 0.0672. The first-order chi connectivity index (χ1) is 35.6. The van der Waals surface area contributed by atoms with Gasteiger partial charge in [0.2, 0.25) is 0 Å². The van der Waals surface area contributed by atoms with E-state index in [-0.39, 0.29) is 17.1 Å². The number of ketones is 1. The number of anilines is 6. The number of halogens is 1. The average molecular weight is 1000 g/mol. The Morgan fingerprint density at radius 2 is 0.945 bits per heavy atom. The Hall–Kier alpha value is -9.71. The summed E-state index contributed by atoms with van der Waals surface area (Å²) in [6, 6.07) is 44.4. The summed E-state index contributed by atoms with van der Waals surface area (Å²) in [4.78, 5) is 51.4. The van der Waals surface area contributed by atoms with Crippen LogP contribution in [0.1, 0.15) is 27.0 Å². The molecule has 18 heteroatoms. The molecule has 7 heterocycles. The first-order valence-corrected chi connectivity index (χ1v) is 23.7. The lowest BCUT2D eigenvalue weighted by Gasteiger charge is -2.10. The highest BCUT2D eigenvalue weighted by Crippen LogP contribution is 2.31. The predicted octanol–water partition coefficient (Wildman–Crippen LogP) is 12.7. The summed E-state index contributed by atoms with van der Waals surface area (Å²) >= 11 is 7.38. The molecule has 358 valence electrons. The van der Waals surface area contributed by atoms with Crippen molar-refractivity contribution in [3.63, 3.8) is 0 Å². The second-order valence-corrected chi connectivity index (χ2v) is 17.7. The monoisotopic (exact) mass is 1000 g/mol. The number of phenolic OH excluding ortho intramolecular Hbond substituents is 1. The van der Waals surface area contributed by atoms with Gasteiger partial charge >= 0.3 is 5.97 Å². The number of nitrogens with zero attached hydrogens (tertiary/aromatic N) is 9. The van der Waals surface area contributed by atoms with E-state index in [1.807, 2.05) is 147 Å². The van der Waals surface area contributed by atoms with Crippen molar-refractivity contribution in [2.75, 3.05) is 16.0 Å². The molecule has 0 saturated carbocycles. The molecule has 0 spiro atoms. The molecule has 5 N–H and O–H groups in total. The van der Waals surface area contributed by atoms with Crippen molar-refractivity contribution < 1.29 is 19.8 Å². The van der Waals surface area contributed by atoms with Gasteiger partial charge in [0.1, 0.15) is 5.75 Å². The summed E-state index contributed by atoms with van der Waals surface area (Å²) in [5.41, 5.74) is 9.21. The number of thiophene rings is 1. The van der Waals surface area contributed by atoms with Gasteiger partial charge in [-0.25, -0.2) is 34.7 Å². The van der Waals surface area contributed by atoms with Gasteiger partial charge in [0.05, 0.1) is 32.4 Å². The number of para-hydroxylation sites is 2. The molecule has 0 amide bonds. The van der Waals surface area contributed by atoms with Gasteiger partial charge in [-0.3, -0.25) is 4.79 Å². The molecule has 0 unspecified atom stereocenters. The van der Waals surface area contributed by atoms with Crippen LogP contribution in [-0.4, -0.2) is 65.1 Å². The zero-order valence-electron chi connectivity index (χ0n) is 38.6. The molecule has 73 heavy (non-hydrogen) atoms. The molecule has 16 nitrogen and oxygen atoms in total. The van der Waals surface area contributed by atoms with E-state index < -0.39 is 5.97 Å². The minimum atomic E-state index is -0.959. The highest BCUT2D eigenvalue weighted by Gasteiger charge is 2.15.